The van der Waals surface area contributed by atoms with Gasteiger partial charge in [-0.2, -0.15) is 0 Å². The highest BCUT2D eigenvalue weighted by Crippen LogP contribution is 2.45. The number of aliphatic hydroxyl groups is 1. The lowest BCUT2D eigenvalue weighted by molar-refractivity contribution is -0.161. The average Bonchev–Trinajstić information content (AvgIpc) is 0.953. The molecule has 100 heavy (non-hydrogen) atoms. The molecule has 0 heterocycles. The number of carbonyl (C=O) groups is 4. The van der Waals surface area contributed by atoms with Gasteiger partial charge < -0.3 is 33.8 Å². The maximum atomic E-state index is 13.1. The van der Waals surface area contributed by atoms with E-state index in [2.05, 4.69) is 125 Å². The highest BCUT2D eigenvalue weighted by molar-refractivity contribution is 7.47. The molecule has 0 aliphatic carbocycles. The summed E-state index contributed by atoms with van der Waals surface area (Å²) in [5.41, 5.74) is 0. The number of hydrogen-bond acceptors (Lipinski definition) is 15. The minimum Gasteiger partial charge on any atom is -0.462 e. The Morgan fingerprint density at radius 1 is 0.290 bits per heavy atom. The van der Waals surface area contributed by atoms with Gasteiger partial charge in [-0.05, 0) is 122 Å². The molecule has 0 bridgehead atoms. The summed E-state index contributed by atoms with van der Waals surface area (Å²) in [4.78, 5) is 72.9. The summed E-state index contributed by atoms with van der Waals surface area (Å²) < 4.78 is 68.5. The molecule has 0 spiro atoms. The molecule has 0 aromatic carbocycles. The zero-order chi connectivity index (χ0) is 73.2. The fraction of sp³-hybridized carbons (Fsp3) is 0.753. The Balaban J connectivity index is 5.32. The first-order valence-electron chi connectivity index (χ1n) is 39.5. The van der Waals surface area contributed by atoms with E-state index in [0.717, 1.165) is 180 Å². The van der Waals surface area contributed by atoms with E-state index in [9.17, 15) is 43.2 Å². The Bertz CT molecular complexity index is 2270. The summed E-state index contributed by atoms with van der Waals surface area (Å²) in [6.45, 7) is 4.63. The number of hydrogen-bond donors (Lipinski definition) is 3. The summed E-state index contributed by atoms with van der Waals surface area (Å²) in [5.74, 6) is -2.20. The van der Waals surface area contributed by atoms with Crippen LogP contribution in [0, 0.1) is 0 Å². The van der Waals surface area contributed by atoms with Crippen molar-refractivity contribution in [1.29, 1.82) is 0 Å². The van der Waals surface area contributed by atoms with Crippen LogP contribution < -0.4 is 0 Å². The average molecular weight is 1450 g/mol. The molecule has 17 nitrogen and oxygen atoms in total. The number of allylic oxidation sites excluding steroid dienone is 16. The lowest BCUT2D eigenvalue weighted by atomic mass is 10.1. The number of phosphoric acid groups is 2. The smallest absolute Gasteiger partial charge is 0.462 e. The van der Waals surface area contributed by atoms with Gasteiger partial charge in [-0.15, -0.1) is 0 Å². The molecule has 0 fully saturated rings. The molecular formula is C81H142O17P2. The van der Waals surface area contributed by atoms with Crippen molar-refractivity contribution in [3.8, 4) is 0 Å². The first-order chi connectivity index (χ1) is 48.7. The molecular weight excluding hydrogens is 1310 g/mol. The summed E-state index contributed by atoms with van der Waals surface area (Å²) in [5, 5.41) is 10.6. The third-order valence-corrected chi connectivity index (χ3v) is 18.4. The quantitative estimate of drug-likeness (QED) is 0.0169. The standard InChI is InChI=1S/C81H142O17P2/c1-5-9-13-17-21-25-29-32-35-36-37-38-41-43-47-50-54-58-62-66-79(84)91-71-76(97-80(85)67-63-59-55-51-45-28-24-20-16-12-8-4)73-95-99(87,88)93-69-75(82)70-94-100(89,90)96-74-77(98-81(86)68-64-60-56-52-48-44-40-34-31-27-23-19-15-11-7-3)72-92-78(83)65-61-57-53-49-46-42-39-33-30-26-22-18-14-10-6-2/h9-10,13-14,21-22,25-26,32-35,37-40,75-77,82H,5-8,11-12,15-20,23-24,27-31,36,41-74H2,1-4H3,(H,87,88)(H,89,90)/b13-9-,14-10-,25-21-,26-22-,35-32-,38-37-,39-33-,40-34-. The molecule has 0 saturated heterocycles. The van der Waals surface area contributed by atoms with Crippen molar-refractivity contribution in [3.63, 3.8) is 0 Å². The fourth-order valence-corrected chi connectivity index (χ4v) is 12.2. The number of aliphatic hydroxyl groups excluding tert-OH is 1. The van der Waals surface area contributed by atoms with Gasteiger partial charge in [-0.25, -0.2) is 9.13 Å². The largest absolute Gasteiger partial charge is 0.472 e. The second kappa shape index (κ2) is 73.3. The Labute approximate surface area is 607 Å². The van der Waals surface area contributed by atoms with E-state index >= 15 is 0 Å². The fourth-order valence-electron chi connectivity index (χ4n) is 10.6. The lowest BCUT2D eigenvalue weighted by Crippen LogP contribution is -2.30. The van der Waals surface area contributed by atoms with E-state index in [1.165, 1.54) is 77.0 Å². The normalized spacial score (nSPS) is 14.4. The van der Waals surface area contributed by atoms with Crippen molar-refractivity contribution < 1.29 is 80.2 Å². The van der Waals surface area contributed by atoms with Crippen LogP contribution in [0.3, 0.4) is 0 Å². The molecule has 5 atom stereocenters. The number of carbonyl (C=O) groups excluding carboxylic acids is 4. The summed E-state index contributed by atoms with van der Waals surface area (Å²) in [6.07, 6.45) is 76.7. The molecule has 578 valence electrons. The van der Waals surface area contributed by atoms with Crippen molar-refractivity contribution in [3.05, 3.63) is 97.2 Å². The van der Waals surface area contributed by atoms with Gasteiger partial charge >= 0.3 is 39.5 Å². The van der Waals surface area contributed by atoms with Crippen LogP contribution in [-0.2, 0) is 65.4 Å². The topological polar surface area (TPSA) is 237 Å². The third kappa shape index (κ3) is 72.3. The first-order valence-corrected chi connectivity index (χ1v) is 42.5. The van der Waals surface area contributed by atoms with E-state index in [4.69, 9.17) is 37.0 Å². The number of unbranched alkanes of at least 4 members (excludes halogenated alkanes) is 32. The predicted octanol–water partition coefficient (Wildman–Crippen LogP) is 22.8. The van der Waals surface area contributed by atoms with Gasteiger partial charge in [0.25, 0.3) is 0 Å². The maximum absolute atomic E-state index is 13.1. The van der Waals surface area contributed by atoms with Gasteiger partial charge in [-0.1, -0.05) is 285 Å². The zero-order valence-electron chi connectivity index (χ0n) is 63.1. The van der Waals surface area contributed by atoms with E-state index in [1.807, 2.05) is 0 Å². The molecule has 0 amide bonds. The molecule has 0 aromatic rings. The minimum atomic E-state index is -4.98. The molecule has 0 rings (SSSR count). The van der Waals surface area contributed by atoms with Crippen molar-refractivity contribution in [1.82, 2.24) is 0 Å². The number of rotatable bonds is 74. The van der Waals surface area contributed by atoms with Gasteiger partial charge in [0.1, 0.15) is 19.3 Å². The van der Waals surface area contributed by atoms with Crippen LogP contribution in [0.5, 0.6) is 0 Å². The van der Waals surface area contributed by atoms with Crippen LogP contribution in [0.25, 0.3) is 0 Å². The molecule has 19 heteroatoms. The summed E-state index contributed by atoms with van der Waals surface area (Å²) >= 11 is 0. The molecule has 0 aromatic heterocycles. The number of phosphoric ester groups is 2. The van der Waals surface area contributed by atoms with Gasteiger partial charge in [0.2, 0.25) is 0 Å². The first kappa shape index (κ1) is 96.0. The van der Waals surface area contributed by atoms with Gasteiger partial charge in [0.15, 0.2) is 12.2 Å². The second-order valence-corrected chi connectivity index (χ2v) is 29.2. The predicted molar refractivity (Wildman–Crippen MR) is 409 cm³/mol. The van der Waals surface area contributed by atoms with Gasteiger partial charge in [0.05, 0.1) is 26.4 Å². The molecule has 0 saturated carbocycles. The van der Waals surface area contributed by atoms with Crippen LogP contribution in [0.4, 0.5) is 0 Å². The Hall–Kier alpha value is -4.02. The number of ether oxygens (including phenoxy) is 4. The van der Waals surface area contributed by atoms with Crippen LogP contribution in [-0.4, -0.2) is 96.7 Å². The van der Waals surface area contributed by atoms with Crippen molar-refractivity contribution in [2.24, 2.45) is 0 Å². The summed E-state index contributed by atoms with van der Waals surface area (Å²) in [7, 11) is -9.95. The zero-order valence-corrected chi connectivity index (χ0v) is 64.9. The van der Waals surface area contributed by atoms with Gasteiger partial charge in [-0.3, -0.25) is 37.3 Å². The summed E-state index contributed by atoms with van der Waals surface area (Å²) in [6, 6.07) is 0. The third-order valence-electron chi connectivity index (χ3n) is 16.5. The van der Waals surface area contributed by atoms with E-state index in [0.29, 0.717) is 25.7 Å². The van der Waals surface area contributed by atoms with E-state index in [1.54, 1.807) is 0 Å². The van der Waals surface area contributed by atoms with Crippen LogP contribution in [0.15, 0.2) is 97.2 Å². The molecule has 5 unspecified atom stereocenters. The molecule has 0 aliphatic heterocycles. The Morgan fingerprint density at radius 2 is 0.520 bits per heavy atom. The molecule has 0 aliphatic rings. The van der Waals surface area contributed by atoms with Gasteiger partial charge in [0, 0.05) is 25.7 Å². The maximum Gasteiger partial charge on any atom is 0.472 e. The molecule has 0 radical (unpaired) electrons. The second-order valence-electron chi connectivity index (χ2n) is 26.2. The highest BCUT2D eigenvalue weighted by atomic mass is 31.2. The van der Waals surface area contributed by atoms with E-state index in [-0.39, 0.29) is 25.7 Å². The number of esters is 4. The van der Waals surface area contributed by atoms with Crippen molar-refractivity contribution in [2.75, 3.05) is 39.6 Å². The highest BCUT2D eigenvalue weighted by Gasteiger charge is 2.30. The van der Waals surface area contributed by atoms with Crippen LogP contribution in [0.1, 0.15) is 336 Å². The lowest BCUT2D eigenvalue weighted by Gasteiger charge is -2.21. The van der Waals surface area contributed by atoms with Crippen LogP contribution in [0.2, 0.25) is 0 Å². The Morgan fingerprint density at radius 3 is 0.810 bits per heavy atom. The minimum absolute atomic E-state index is 0.0822. The van der Waals surface area contributed by atoms with Crippen molar-refractivity contribution in [2.45, 2.75) is 354 Å². The van der Waals surface area contributed by atoms with Crippen LogP contribution >= 0.6 is 15.6 Å². The van der Waals surface area contributed by atoms with Crippen molar-refractivity contribution >= 4 is 39.5 Å². The molecule has 3 N–H and O–H groups in total. The van der Waals surface area contributed by atoms with E-state index < -0.39 is 97.5 Å². The SMILES string of the molecule is CC/C=C\C/C=C\C/C=C\C/C=C\CCCCCCCCC(=O)OCC(COP(=O)(O)OCC(O)COP(=O)(O)OCC(COC(=O)CCCCCCC/C=C\C/C=C\C/C=C\CC)OC(=O)CCCCCCC/C=C\CCCCCCCC)OC(=O)CCCCCCCCCCCCC. The monoisotopic (exact) mass is 1450 g/mol. The Kier molecular flexibility index (Phi) is 70.4.